The maximum Gasteiger partial charge on any atom is 0.259 e. The third-order valence-electron chi connectivity index (χ3n) is 3.76. The van der Waals surface area contributed by atoms with Crippen LogP contribution in [0.1, 0.15) is 21.6 Å². The lowest BCUT2D eigenvalue weighted by Gasteiger charge is -2.07. The van der Waals surface area contributed by atoms with Crippen molar-refractivity contribution in [3.05, 3.63) is 77.1 Å². The van der Waals surface area contributed by atoms with Crippen LogP contribution in [0.4, 0.5) is 14.5 Å². The Morgan fingerprint density at radius 1 is 1.08 bits per heavy atom. The number of carbonyl (C=O) groups excluding carboxylic acids is 1. The minimum absolute atomic E-state index is 0.345. The average molecular weight is 327 g/mol. The van der Waals surface area contributed by atoms with Gasteiger partial charge in [0.15, 0.2) is 0 Å². The van der Waals surface area contributed by atoms with Gasteiger partial charge in [-0.1, -0.05) is 6.07 Å². The number of carbonyl (C=O) groups is 1. The number of aromatic nitrogens is 2. The average Bonchev–Trinajstić information content (AvgIpc) is 2.93. The highest BCUT2D eigenvalue weighted by molar-refractivity contribution is 6.05. The van der Waals surface area contributed by atoms with Crippen LogP contribution in [0.15, 0.2) is 48.7 Å². The van der Waals surface area contributed by atoms with Crippen LogP contribution < -0.4 is 5.32 Å². The fourth-order valence-corrected chi connectivity index (χ4v) is 2.34. The number of halogens is 2. The van der Waals surface area contributed by atoms with Crippen LogP contribution in [0.5, 0.6) is 0 Å². The third kappa shape index (κ3) is 3.03. The molecule has 0 fully saturated rings. The number of nitrogens with one attached hydrogen (secondary N) is 1. The summed E-state index contributed by atoms with van der Waals surface area (Å²) in [7, 11) is 0. The SMILES string of the molecule is Cc1ccc(NC(=O)c2cnn(-c3ccc(F)cc3)c2C)cc1F. The molecule has 1 heterocycles. The molecule has 0 atom stereocenters. The zero-order valence-electron chi connectivity index (χ0n) is 13.2. The van der Waals surface area contributed by atoms with Gasteiger partial charge >= 0.3 is 0 Å². The van der Waals surface area contributed by atoms with E-state index >= 15 is 0 Å². The highest BCUT2D eigenvalue weighted by Crippen LogP contribution is 2.18. The molecule has 1 amide bonds. The lowest BCUT2D eigenvalue weighted by Crippen LogP contribution is -2.13. The molecule has 0 aliphatic rings. The van der Waals surface area contributed by atoms with Gasteiger partial charge in [-0.3, -0.25) is 4.79 Å². The van der Waals surface area contributed by atoms with Crippen LogP contribution in [-0.4, -0.2) is 15.7 Å². The molecule has 0 radical (unpaired) electrons. The Balaban J connectivity index is 1.85. The minimum atomic E-state index is -0.385. The van der Waals surface area contributed by atoms with E-state index in [1.165, 1.54) is 24.4 Å². The van der Waals surface area contributed by atoms with Crippen molar-refractivity contribution in [2.75, 3.05) is 5.32 Å². The maximum atomic E-state index is 13.6. The molecule has 3 aromatic rings. The van der Waals surface area contributed by atoms with Gasteiger partial charge in [-0.25, -0.2) is 13.5 Å². The molecule has 3 rings (SSSR count). The van der Waals surface area contributed by atoms with Gasteiger partial charge in [0, 0.05) is 5.69 Å². The van der Waals surface area contributed by atoms with Crippen LogP contribution in [0.2, 0.25) is 0 Å². The zero-order valence-corrected chi connectivity index (χ0v) is 13.2. The van der Waals surface area contributed by atoms with Crippen molar-refractivity contribution in [1.82, 2.24) is 9.78 Å². The van der Waals surface area contributed by atoms with Crippen molar-refractivity contribution < 1.29 is 13.6 Å². The van der Waals surface area contributed by atoms with E-state index < -0.39 is 0 Å². The van der Waals surface area contributed by atoms with Crippen LogP contribution in [0, 0.1) is 25.5 Å². The first-order valence-corrected chi connectivity index (χ1v) is 7.34. The van der Waals surface area contributed by atoms with Gasteiger partial charge in [-0.05, 0) is 55.8 Å². The van der Waals surface area contributed by atoms with E-state index in [0.717, 1.165) is 0 Å². The van der Waals surface area contributed by atoms with E-state index in [4.69, 9.17) is 0 Å². The highest BCUT2D eigenvalue weighted by atomic mass is 19.1. The van der Waals surface area contributed by atoms with Crippen molar-refractivity contribution in [1.29, 1.82) is 0 Å². The van der Waals surface area contributed by atoms with Crippen LogP contribution >= 0.6 is 0 Å². The number of nitrogens with zero attached hydrogens (tertiary/aromatic N) is 2. The lowest BCUT2D eigenvalue weighted by molar-refractivity contribution is 0.102. The second-order valence-corrected chi connectivity index (χ2v) is 5.45. The molecule has 4 nitrogen and oxygen atoms in total. The summed E-state index contributed by atoms with van der Waals surface area (Å²) in [6.07, 6.45) is 1.43. The summed E-state index contributed by atoms with van der Waals surface area (Å²) in [5.74, 6) is -1.11. The molecule has 6 heteroatoms. The number of benzene rings is 2. The first-order chi connectivity index (χ1) is 11.5. The Kier molecular flexibility index (Phi) is 4.12. The number of rotatable bonds is 3. The summed E-state index contributed by atoms with van der Waals surface area (Å²) in [5.41, 5.74) is 2.49. The normalized spacial score (nSPS) is 10.7. The molecule has 0 aliphatic carbocycles. The fourth-order valence-electron chi connectivity index (χ4n) is 2.34. The minimum Gasteiger partial charge on any atom is -0.322 e. The molecule has 122 valence electrons. The summed E-state index contributed by atoms with van der Waals surface area (Å²) in [5, 5.41) is 6.82. The van der Waals surface area contributed by atoms with Crippen molar-refractivity contribution in [2.45, 2.75) is 13.8 Å². The lowest BCUT2D eigenvalue weighted by atomic mass is 10.2. The molecular weight excluding hydrogens is 312 g/mol. The first kappa shape index (κ1) is 15.9. The molecule has 1 N–H and O–H groups in total. The van der Waals surface area contributed by atoms with E-state index in [9.17, 15) is 13.6 Å². The fraction of sp³-hybridized carbons (Fsp3) is 0.111. The van der Waals surface area contributed by atoms with Gasteiger partial charge in [0.25, 0.3) is 5.91 Å². The molecule has 1 aromatic heterocycles. The smallest absolute Gasteiger partial charge is 0.259 e. The van der Waals surface area contributed by atoms with Crippen LogP contribution in [0.3, 0.4) is 0 Å². The predicted octanol–water partition coefficient (Wildman–Crippen LogP) is 4.02. The Hall–Kier alpha value is -3.02. The topological polar surface area (TPSA) is 46.9 Å². The van der Waals surface area contributed by atoms with E-state index in [2.05, 4.69) is 10.4 Å². The van der Waals surface area contributed by atoms with Gasteiger partial charge in [0.05, 0.1) is 23.1 Å². The van der Waals surface area contributed by atoms with Crippen LogP contribution in [-0.2, 0) is 0 Å². The van der Waals surface area contributed by atoms with Crippen molar-refractivity contribution >= 4 is 11.6 Å². The quantitative estimate of drug-likeness (QED) is 0.790. The summed E-state index contributed by atoms with van der Waals surface area (Å²) in [6, 6.07) is 10.3. The maximum absolute atomic E-state index is 13.6. The molecule has 0 spiro atoms. The summed E-state index contributed by atoms with van der Waals surface area (Å²) in [4.78, 5) is 12.4. The van der Waals surface area contributed by atoms with E-state index in [-0.39, 0.29) is 17.5 Å². The first-order valence-electron chi connectivity index (χ1n) is 7.34. The Morgan fingerprint density at radius 2 is 1.79 bits per heavy atom. The van der Waals surface area contributed by atoms with Crippen molar-refractivity contribution in [3.8, 4) is 5.69 Å². The molecule has 0 saturated carbocycles. The van der Waals surface area contributed by atoms with Gasteiger partial charge in [-0.2, -0.15) is 5.10 Å². The zero-order chi connectivity index (χ0) is 17.3. The summed E-state index contributed by atoms with van der Waals surface area (Å²) < 4.78 is 28.1. The molecule has 0 unspecified atom stereocenters. The summed E-state index contributed by atoms with van der Waals surface area (Å²) >= 11 is 0. The molecule has 0 saturated heterocycles. The second-order valence-electron chi connectivity index (χ2n) is 5.45. The highest BCUT2D eigenvalue weighted by Gasteiger charge is 2.15. The molecule has 24 heavy (non-hydrogen) atoms. The van der Waals surface area contributed by atoms with E-state index in [1.54, 1.807) is 42.8 Å². The van der Waals surface area contributed by atoms with Gasteiger partial charge < -0.3 is 5.32 Å². The van der Waals surface area contributed by atoms with Gasteiger partial charge in [-0.15, -0.1) is 0 Å². The van der Waals surface area contributed by atoms with E-state index in [1.807, 2.05) is 0 Å². The predicted molar refractivity (Wildman–Crippen MR) is 87.3 cm³/mol. The number of aryl methyl sites for hydroxylation is 1. The Bertz CT molecular complexity index is 901. The Morgan fingerprint density at radius 3 is 2.46 bits per heavy atom. The van der Waals surface area contributed by atoms with Crippen molar-refractivity contribution in [2.24, 2.45) is 0 Å². The van der Waals surface area contributed by atoms with Gasteiger partial charge in [0.1, 0.15) is 11.6 Å². The largest absolute Gasteiger partial charge is 0.322 e. The number of hydrogen-bond donors (Lipinski definition) is 1. The van der Waals surface area contributed by atoms with Crippen molar-refractivity contribution in [3.63, 3.8) is 0 Å². The van der Waals surface area contributed by atoms with Gasteiger partial charge in [0.2, 0.25) is 0 Å². The molecule has 0 bridgehead atoms. The Labute approximate surface area is 137 Å². The third-order valence-corrected chi connectivity index (χ3v) is 3.76. The second kappa shape index (κ2) is 6.23. The van der Waals surface area contributed by atoms with E-state index in [0.29, 0.717) is 28.2 Å². The van der Waals surface area contributed by atoms with Crippen LogP contribution in [0.25, 0.3) is 5.69 Å². The molecular formula is C18H15F2N3O. The summed E-state index contributed by atoms with van der Waals surface area (Å²) in [6.45, 7) is 3.39. The number of hydrogen-bond acceptors (Lipinski definition) is 2. The monoisotopic (exact) mass is 327 g/mol. The number of anilines is 1. The number of amides is 1. The molecule has 0 aliphatic heterocycles. The molecule has 2 aromatic carbocycles. The standard InChI is InChI=1S/C18H15F2N3O/c1-11-3-6-14(9-17(11)20)22-18(24)16-10-21-23(12(16)2)15-7-4-13(19)5-8-15/h3-10H,1-2H3,(H,22,24).